The summed E-state index contributed by atoms with van der Waals surface area (Å²) < 4.78 is 0. The van der Waals surface area contributed by atoms with Crippen LogP contribution in [0.3, 0.4) is 0 Å². The molecule has 0 spiro atoms. The van der Waals surface area contributed by atoms with Gasteiger partial charge >= 0.3 is 0 Å². The van der Waals surface area contributed by atoms with Crippen molar-refractivity contribution in [2.45, 2.75) is 39.0 Å². The zero-order valence-corrected chi connectivity index (χ0v) is 16.2. The van der Waals surface area contributed by atoms with Crippen LogP contribution in [0.2, 0.25) is 0 Å². The highest BCUT2D eigenvalue weighted by Gasteiger charge is 1.96. The van der Waals surface area contributed by atoms with Crippen molar-refractivity contribution in [3.63, 3.8) is 0 Å². The van der Waals surface area contributed by atoms with Gasteiger partial charge in [-0.1, -0.05) is 31.9 Å². The Morgan fingerprint density at radius 3 is 2.71 bits per heavy atom. The lowest BCUT2D eigenvalue weighted by Crippen LogP contribution is -2.22. The molecule has 1 aromatic carbocycles. The molecule has 21 heavy (non-hydrogen) atoms. The Hall–Kier alpha value is -0.430. The van der Waals surface area contributed by atoms with Gasteiger partial charge in [-0.15, -0.1) is 24.0 Å². The number of aliphatic imine (C=N–C) groups is 1. The smallest absolute Gasteiger partial charge is 0.193 e. The van der Waals surface area contributed by atoms with Crippen molar-refractivity contribution < 1.29 is 0 Å². The van der Waals surface area contributed by atoms with Gasteiger partial charge in [0.05, 0.1) is 0 Å². The summed E-state index contributed by atoms with van der Waals surface area (Å²) in [4.78, 5) is 4.37. The Bertz CT molecular complexity index is 410. The Balaban J connectivity index is 0.00000400. The van der Waals surface area contributed by atoms with E-state index in [2.05, 4.69) is 35.6 Å². The topological polar surface area (TPSA) is 50.4 Å². The van der Waals surface area contributed by atoms with Gasteiger partial charge in [0.15, 0.2) is 5.96 Å². The van der Waals surface area contributed by atoms with Crippen LogP contribution in [-0.2, 0) is 6.42 Å². The monoisotopic (exact) mass is 421 g/mol. The summed E-state index contributed by atoms with van der Waals surface area (Å²) in [6.07, 6.45) is 8.14. The van der Waals surface area contributed by atoms with E-state index in [0.29, 0.717) is 5.96 Å². The second kappa shape index (κ2) is 13.2. The fourth-order valence-corrected chi connectivity index (χ4v) is 2.46. The molecule has 0 aromatic heterocycles. The number of thioether (sulfide) groups is 1. The third kappa shape index (κ3) is 10.0. The second-order valence-electron chi connectivity index (χ2n) is 4.85. The maximum atomic E-state index is 5.90. The lowest BCUT2D eigenvalue weighted by atomic mass is 10.1. The number of halogens is 1. The third-order valence-electron chi connectivity index (χ3n) is 3.15. The Labute approximate surface area is 150 Å². The van der Waals surface area contributed by atoms with Crippen LogP contribution in [0, 0.1) is 0 Å². The normalized spacial score (nSPS) is 11.0. The van der Waals surface area contributed by atoms with E-state index in [-0.39, 0.29) is 24.0 Å². The maximum absolute atomic E-state index is 5.90. The maximum Gasteiger partial charge on any atom is 0.193 e. The molecule has 0 aliphatic rings. The minimum absolute atomic E-state index is 0. The van der Waals surface area contributed by atoms with Crippen molar-refractivity contribution >= 4 is 47.4 Å². The van der Waals surface area contributed by atoms with Gasteiger partial charge < -0.3 is 11.1 Å². The Kier molecular flexibility index (Phi) is 13.0. The second-order valence-corrected chi connectivity index (χ2v) is 5.84. The molecule has 0 saturated carbocycles. The molecular weight excluding hydrogens is 393 g/mol. The van der Waals surface area contributed by atoms with Gasteiger partial charge in [0, 0.05) is 12.2 Å². The number of guanidine groups is 1. The van der Waals surface area contributed by atoms with Crippen molar-refractivity contribution in [2.24, 2.45) is 10.7 Å². The zero-order chi connectivity index (χ0) is 14.6. The molecule has 3 nitrogen and oxygen atoms in total. The van der Waals surface area contributed by atoms with E-state index in [1.165, 1.54) is 30.6 Å². The number of nitrogens with one attached hydrogen (secondary N) is 1. The first-order valence-corrected chi connectivity index (χ1v) is 8.80. The molecule has 120 valence electrons. The quantitative estimate of drug-likeness (QED) is 0.267. The van der Waals surface area contributed by atoms with E-state index in [4.69, 9.17) is 5.73 Å². The van der Waals surface area contributed by atoms with Crippen LogP contribution in [-0.4, -0.2) is 24.5 Å². The van der Waals surface area contributed by atoms with Crippen LogP contribution in [0.1, 0.15) is 38.2 Å². The first-order chi connectivity index (χ1) is 9.76. The number of nitrogens with zero attached hydrogens (tertiary/aromatic N) is 1. The lowest BCUT2D eigenvalue weighted by molar-refractivity contribution is 0.678. The van der Waals surface area contributed by atoms with Gasteiger partial charge in [0.25, 0.3) is 0 Å². The summed E-state index contributed by atoms with van der Waals surface area (Å²) in [5.41, 5.74) is 8.22. The van der Waals surface area contributed by atoms with E-state index >= 15 is 0 Å². The molecular formula is C16H28IN3S. The number of anilines is 1. The van der Waals surface area contributed by atoms with Gasteiger partial charge in [0.1, 0.15) is 0 Å². The standard InChI is InChI=1S/C16H27N3S.HI/c1-3-14-9-8-10-15(13-14)19-16(17)18-11-6-4-5-7-12-20-2;/h8-10,13H,3-7,11-12H2,1-2H3,(H3,17,18,19);1H. The van der Waals surface area contributed by atoms with E-state index < -0.39 is 0 Å². The molecule has 0 aliphatic carbocycles. The summed E-state index contributed by atoms with van der Waals surface area (Å²) in [7, 11) is 0. The van der Waals surface area contributed by atoms with Gasteiger partial charge in [0.2, 0.25) is 0 Å². The van der Waals surface area contributed by atoms with E-state index in [0.717, 1.165) is 25.1 Å². The minimum Gasteiger partial charge on any atom is -0.370 e. The van der Waals surface area contributed by atoms with Gasteiger partial charge in [-0.25, -0.2) is 0 Å². The van der Waals surface area contributed by atoms with Crippen molar-refractivity contribution in [3.8, 4) is 0 Å². The van der Waals surface area contributed by atoms with Crippen molar-refractivity contribution in [1.82, 2.24) is 0 Å². The molecule has 3 N–H and O–H groups in total. The predicted octanol–water partition coefficient (Wildman–Crippen LogP) is 4.52. The molecule has 1 rings (SSSR count). The molecule has 0 aliphatic heterocycles. The average molecular weight is 421 g/mol. The fraction of sp³-hybridized carbons (Fsp3) is 0.562. The molecule has 0 bridgehead atoms. The zero-order valence-electron chi connectivity index (χ0n) is 13.1. The highest BCUT2D eigenvalue weighted by Crippen LogP contribution is 2.10. The lowest BCUT2D eigenvalue weighted by Gasteiger charge is -2.07. The largest absolute Gasteiger partial charge is 0.370 e. The fourth-order valence-electron chi connectivity index (χ4n) is 1.97. The number of benzene rings is 1. The Morgan fingerprint density at radius 1 is 1.24 bits per heavy atom. The van der Waals surface area contributed by atoms with Crippen LogP contribution < -0.4 is 11.1 Å². The minimum atomic E-state index is 0. The third-order valence-corrected chi connectivity index (χ3v) is 3.84. The number of hydrogen-bond donors (Lipinski definition) is 2. The van der Waals surface area contributed by atoms with E-state index in [1.807, 2.05) is 23.9 Å². The molecule has 0 radical (unpaired) electrons. The van der Waals surface area contributed by atoms with E-state index in [9.17, 15) is 0 Å². The molecule has 0 saturated heterocycles. The summed E-state index contributed by atoms with van der Waals surface area (Å²) in [6.45, 7) is 2.96. The molecule has 0 fully saturated rings. The van der Waals surface area contributed by atoms with Crippen LogP contribution >= 0.6 is 35.7 Å². The number of rotatable bonds is 9. The summed E-state index contributed by atoms with van der Waals surface area (Å²) >= 11 is 1.92. The SMILES string of the molecule is CCc1cccc(NC(N)=NCCCCCCSC)c1.I. The molecule has 0 unspecified atom stereocenters. The van der Waals surface area contributed by atoms with Gasteiger partial charge in [-0.05, 0) is 49.0 Å². The summed E-state index contributed by atoms with van der Waals surface area (Å²) in [5.74, 6) is 1.78. The van der Waals surface area contributed by atoms with Crippen molar-refractivity contribution in [1.29, 1.82) is 0 Å². The number of unbranched alkanes of at least 4 members (excludes halogenated alkanes) is 3. The first kappa shape index (κ1) is 20.6. The van der Waals surface area contributed by atoms with Gasteiger partial charge in [-0.2, -0.15) is 11.8 Å². The predicted molar refractivity (Wildman–Crippen MR) is 108 cm³/mol. The average Bonchev–Trinajstić information content (AvgIpc) is 2.46. The van der Waals surface area contributed by atoms with Crippen molar-refractivity contribution in [2.75, 3.05) is 23.9 Å². The Morgan fingerprint density at radius 2 is 2.00 bits per heavy atom. The van der Waals surface area contributed by atoms with Gasteiger partial charge in [-0.3, -0.25) is 4.99 Å². The molecule has 0 amide bonds. The molecule has 0 heterocycles. The number of nitrogens with two attached hydrogens (primary N) is 1. The summed E-state index contributed by atoms with van der Waals surface area (Å²) in [5, 5.41) is 3.15. The van der Waals surface area contributed by atoms with Crippen LogP contribution in [0.4, 0.5) is 5.69 Å². The van der Waals surface area contributed by atoms with Crippen LogP contribution in [0.25, 0.3) is 0 Å². The van der Waals surface area contributed by atoms with E-state index in [1.54, 1.807) is 0 Å². The van der Waals surface area contributed by atoms with Crippen LogP contribution in [0.5, 0.6) is 0 Å². The molecule has 5 heteroatoms. The molecule has 1 aromatic rings. The van der Waals surface area contributed by atoms with Crippen LogP contribution in [0.15, 0.2) is 29.3 Å². The van der Waals surface area contributed by atoms with Crippen molar-refractivity contribution in [3.05, 3.63) is 29.8 Å². The highest BCUT2D eigenvalue weighted by atomic mass is 127. The molecule has 0 atom stereocenters. The highest BCUT2D eigenvalue weighted by molar-refractivity contribution is 14.0. The number of hydrogen-bond acceptors (Lipinski definition) is 2. The number of aryl methyl sites for hydroxylation is 1. The first-order valence-electron chi connectivity index (χ1n) is 7.41. The summed E-state index contributed by atoms with van der Waals surface area (Å²) in [6, 6.07) is 8.29.